The van der Waals surface area contributed by atoms with Crippen LogP contribution in [0.25, 0.3) is 0 Å². The van der Waals surface area contributed by atoms with Crippen molar-refractivity contribution in [2.75, 3.05) is 20.3 Å². The van der Waals surface area contributed by atoms with Crippen LogP contribution in [-0.2, 0) is 16.1 Å². The van der Waals surface area contributed by atoms with Crippen LogP contribution in [0.3, 0.4) is 0 Å². The van der Waals surface area contributed by atoms with Crippen LogP contribution in [0.2, 0.25) is 0 Å². The number of methoxy groups -OCH3 is 1. The van der Waals surface area contributed by atoms with Crippen LogP contribution in [0, 0.1) is 17.0 Å². The molecule has 2 aromatic rings. The lowest BCUT2D eigenvalue weighted by molar-refractivity contribution is -0.385. The number of likely N-dealkylation sites (N-methyl/N-ethyl adjacent to an activating group) is 1. The number of hydrogen-bond donors (Lipinski definition) is 1. The van der Waals surface area contributed by atoms with Crippen molar-refractivity contribution in [3.8, 4) is 11.5 Å². The van der Waals surface area contributed by atoms with Crippen molar-refractivity contribution in [1.29, 1.82) is 0 Å². The number of ether oxygens (including phenoxy) is 2. The minimum atomic E-state index is -0.655. The summed E-state index contributed by atoms with van der Waals surface area (Å²) in [7, 11) is 1.32. The number of nitrogens with zero attached hydrogens (tertiary/aromatic N) is 2. The molecule has 2 aromatic carbocycles. The van der Waals surface area contributed by atoms with E-state index in [-0.39, 0.29) is 42.2 Å². The Morgan fingerprint density at radius 3 is 2.53 bits per heavy atom. The van der Waals surface area contributed by atoms with Gasteiger partial charge in [-0.2, -0.15) is 0 Å². The maximum Gasteiger partial charge on any atom is 0.311 e. The molecule has 0 aliphatic rings. The molecule has 0 aliphatic carbocycles. The molecule has 1 N–H and O–H groups in total. The van der Waals surface area contributed by atoms with Crippen molar-refractivity contribution >= 4 is 17.5 Å². The Balaban J connectivity index is 2.23. The molecule has 0 heterocycles. The van der Waals surface area contributed by atoms with Crippen LogP contribution in [0.15, 0.2) is 42.5 Å². The quantitative estimate of drug-likeness (QED) is 0.422. The molecule has 0 saturated carbocycles. The lowest BCUT2D eigenvalue weighted by Gasteiger charge is -2.30. The van der Waals surface area contributed by atoms with E-state index in [4.69, 9.17) is 9.47 Å². The van der Waals surface area contributed by atoms with Gasteiger partial charge in [0.05, 0.1) is 12.0 Å². The summed E-state index contributed by atoms with van der Waals surface area (Å²) in [5.41, 5.74) is 1.75. The molecule has 0 unspecified atom stereocenters. The third-order valence-corrected chi connectivity index (χ3v) is 4.88. The van der Waals surface area contributed by atoms with Gasteiger partial charge in [0.1, 0.15) is 11.8 Å². The van der Waals surface area contributed by atoms with Crippen molar-refractivity contribution in [3.05, 3.63) is 63.7 Å². The summed E-state index contributed by atoms with van der Waals surface area (Å²) in [6.45, 7) is 6.01. The first kappa shape index (κ1) is 24.6. The fraction of sp³-hybridized carbons (Fsp3) is 0.391. The largest absolute Gasteiger partial charge is 0.490 e. The monoisotopic (exact) mass is 443 g/mol. The van der Waals surface area contributed by atoms with Crippen LogP contribution in [-0.4, -0.2) is 47.9 Å². The molecule has 9 heteroatoms. The Bertz CT molecular complexity index is 962. The predicted octanol–water partition coefficient (Wildman–Crippen LogP) is 3.23. The molecule has 1 atom stereocenters. The molecule has 0 bridgehead atoms. The van der Waals surface area contributed by atoms with Gasteiger partial charge < -0.3 is 19.7 Å². The SMILES string of the molecule is CCNC(=O)[C@@H](CC)N(Cc1cccc(C)c1)C(=O)COc1ccc([N+](=O)[O-])c(OC)c1. The van der Waals surface area contributed by atoms with Gasteiger partial charge in [0, 0.05) is 25.2 Å². The Kier molecular flexibility index (Phi) is 9.00. The summed E-state index contributed by atoms with van der Waals surface area (Å²) in [5.74, 6) is -0.317. The van der Waals surface area contributed by atoms with Gasteiger partial charge in [0.2, 0.25) is 11.7 Å². The molecular weight excluding hydrogens is 414 g/mol. The topological polar surface area (TPSA) is 111 Å². The first-order valence-electron chi connectivity index (χ1n) is 10.4. The molecule has 0 aliphatic heterocycles. The van der Waals surface area contributed by atoms with Gasteiger partial charge in [-0.05, 0) is 31.9 Å². The predicted molar refractivity (Wildman–Crippen MR) is 120 cm³/mol. The number of carbonyl (C=O) groups excluding carboxylic acids is 2. The number of amides is 2. The number of nitro benzene ring substituents is 1. The van der Waals surface area contributed by atoms with Crippen molar-refractivity contribution in [3.63, 3.8) is 0 Å². The number of rotatable bonds is 11. The normalized spacial score (nSPS) is 11.4. The Labute approximate surface area is 187 Å². The summed E-state index contributed by atoms with van der Waals surface area (Å²) in [4.78, 5) is 37.7. The van der Waals surface area contributed by atoms with Crippen molar-refractivity contribution in [1.82, 2.24) is 10.2 Å². The first-order valence-corrected chi connectivity index (χ1v) is 10.4. The zero-order valence-corrected chi connectivity index (χ0v) is 18.8. The van der Waals surface area contributed by atoms with Gasteiger partial charge in [0.15, 0.2) is 6.61 Å². The maximum absolute atomic E-state index is 13.1. The second kappa shape index (κ2) is 11.7. The number of hydrogen-bond acceptors (Lipinski definition) is 6. The molecule has 32 heavy (non-hydrogen) atoms. The average molecular weight is 444 g/mol. The number of nitrogens with one attached hydrogen (secondary N) is 1. The molecular formula is C23H29N3O6. The lowest BCUT2D eigenvalue weighted by Crippen LogP contribution is -2.50. The zero-order valence-electron chi connectivity index (χ0n) is 18.8. The molecule has 0 saturated heterocycles. The van der Waals surface area contributed by atoms with E-state index < -0.39 is 11.0 Å². The van der Waals surface area contributed by atoms with E-state index in [1.807, 2.05) is 45.0 Å². The van der Waals surface area contributed by atoms with E-state index >= 15 is 0 Å². The van der Waals surface area contributed by atoms with E-state index in [2.05, 4.69) is 5.32 Å². The Morgan fingerprint density at radius 1 is 1.19 bits per heavy atom. The summed E-state index contributed by atoms with van der Waals surface area (Å²) < 4.78 is 10.6. The van der Waals surface area contributed by atoms with E-state index in [9.17, 15) is 19.7 Å². The van der Waals surface area contributed by atoms with Gasteiger partial charge in [-0.15, -0.1) is 0 Å². The Morgan fingerprint density at radius 2 is 1.94 bits per heavy atom. The average Bonchev–Trinajstić information content (AvgIpc) is 2.77. The highest BCUT2D eigenvalue weighted by molar-refractivity contribution is 5.88. The summed E-state index contributed by atoms with van der Waals surface area (Å²) in [6.07, 6.45) is 0.439. The summed E-state index contributed by atoms with van der Waals surface area (Å²) in [6, 6.07) is 11.1. The van der Waals surface area contributed by atoms with E-state index in [1.54, 1.807) is 0 Å². The van der Waals surface area contributed by atoms with Crippen LogP contribution >= 0.6 is 0 Å². The highest BCUT2D eigenvalue weighted by Gasteiger charge is 2.29. The van der Waals surface area contributed by atoms with Gasteiger partial charge in [-0.1, -0.05) is 36.8 Å². The smallest absolute Gasteiger partial charge is 0.311 e. The van der Waals surface area contributed by atoms with Crippen LogP contribution < -0.4 is 14.8 Å². The Hall–Kier alpha value is -3.62. The molecule has 2 rings (SSSR count). The molecule has 9 nitrogen and oxygen atoms in total. The summed E-state index contributed by atoms with van der Waals surface area (Å²) in [5, 5.41) is 13.8. The minimum Gasteiger partial charge on any atom is -0.490 e. The lowest BCUT2D eigenvalue weighted by atomic mass is 10.1. The van der Waals surface area contributed by atoms with Crippen LogP contribution in [0.1, 0.15) is 31.4 Å². The molecule has 0 spiro atoms. The highest BCUT2D eigenvalue weighted by atomic mass is 16.6. The van der Waals surface area contributed by atoms with Gasteiger partial charge in [-0.3, -0.25) is 19.7 Å². The molecule has 2 amide bonds. The minimum absolute atomic E-state index is 0.0327. The fourth-order valence-corrected chi connectivity index (χ4v) is 3.35. The van der Waals surface area contributed by atoms with E-state index in [1.165, 1.54) is 30.2 Å². The second-order valence-corrected chi connectivity index (χ2v) is 7.21. The van der Waals surface area contributed by atoms with E-state index in [0.717, 1.165) is 11.1 Å². The zero-order chi connectivity index (χ0) is 23.7. The van der Waals surface area contributed by atoms with Gasteiger partial charge >= 0.3 is 5.69 Å². The fourth-order valence-electron chi connectivity index (χ4n) is 3.35. The summed E-state index contributed by atoms with van der Waals surface area (Å²) >= 11 is 0. The highest BCUT2D eigenvalue weighted by Crippen LogP contribution is 2.30. The van der Waals surface area contributed by atoms with E-state index in [0.29, 0.717) is 13.0 Å². The van der Waals surface area contributed by atoms with Crippen molar-refractivity contribution < 1.29 is 24.0 Å². The van der Waals surface area contributed by atoms with Gasteiger partial charge in [0.25, 0.3) is 5.91 Å². The first-order chi connectivity index (χ1) is 15.3. The van der Waals surface area contributed by atoms with Crippen molar-refractivity contribution in [2.24, 2.45) is 0 Å². The molecule has 0 aromatic heterocycles. The molecule has 0 radical (unpaired) electrons. The molecule has 0 fully saturated rings. The van der Waals surface area contributed by atoms with Crippen LogP contribution in [0.4, 0.5) is 5.69 Å². The number of carbonyl (C=O) groups is 2. The third-order valence-electron chi connectivity index (χ3n) is 4.88. The number of nitro groups is 1. The van der Waals surface area contributed by atoms with Gasteiger partial charge in [-0.25, -0.2) is 0 Å². The van der Waals surface area contributed by atoms with Crippen LogP contribution in [0.5, 0.6) is 11.5 Å². The maximum atomic E-state index is 13.1. The second-order valence-electron chi connectivity index (χ2n) is 7.21. The van der Waals surface area contributed by atoms with Crippen molar-refractivity contribution in [2.45, 2.75) is 39.8 Å². The number of benzene rings is 2. The number of aryl methyl sites for hydroxylation is 1. The third kappa shape index (κ3) is 6.44. The standard InChI is InChI=1S/C23H29N3O6/c1-5-19(23(28)24-6-2)25(14-17-9-7-8-16(3)12-17)22(27)15-32-18-10-11-20(26(29)30)21(13-18)31-4/h7-13,19H,5-6,14-15H2,1-4H3,(H,24,28)/t19-/m1/s1. The molecule has 172 valence electrons.